The lowest BCUT2D eigenvalue weighted by Crippen LogP contribution is -2.28. The molecule has 0 aliphatic heterocycles. The van der Waals surface area contributed by atoms with E-state index in [1.807, 2.05) is 30.3 Å². The first-order valence-electron chi connectivity index (χ1n) is 6.49. The van der Waals surface area contributed by atoms with Crippen molar-refractivity contribution in [2.24, 2.45) is 0 Å². The van der Waals surface area contributed by atoms with Gasteiger partial charge in [0.05, 0.1) is 16.5 Å². The Balaban J connectivity index is 2.06. The molecule has 0 aromatic heterocycles. The third-order valence-corrected chi connectivity index (χ3v) is 4.12. The molecule has 110 valence electrons. The van der Waals surface area contributed by atoms with Crippen molar-refractivity contribution < 1.29 is 4.79 Å². The summed E-state index contributed by atoms with van der Waals surface area (Å²) in [5.74, 6) is -0.0241. The molecule has 0 saturated heterocycles. The number of hydrogen-bond acceptors (Lipinski definition) is 2. The van der Waals surface area contributed by atoms with Gasteiger partial charge in [0.1, 0.15) is 0 Å². The predicted octanol–water partition coefficient (Wildman–Crippen LogP) is 3.78. The van der Waals surface area contributed by atoms with Gasteiger partial charge in [-0.15, -0.1) is 0 Å². The second-order valence-electron chi connectivity index (χ2n) is 4.84. The van der Waals surface area contributed by atoms with Gasteiger partial charge in [0, 0.05) is 19.3 Å². The number of halogens is 2. The maximum Gasteiger partial charge on any atom is 0.227 e. The molecule has 21 heavy (non-hydrogen) atoms. The highest BCUT2D eigenvalue weighted by Gasteiger charge is 2.14. The topological polar surface area (TPSA) is 46.3 Å². The summed E-state index contributed by atoms with van der Waals surface area (Å²) < 4.78 is 0. The summed E-state index contributed by atoms with van der Waals surface area (Å²) in [7, 11) is 1.73. The molecular weight excluding hydrogens is 307 g/mol. The Labute approximate surface area is 134 Å². The summed E-state index contributed by atoms with van der Waals surface area (Å²) in [6.45, 7) is 0.408. The zero-order chi connectivity index (χ0) is 15.4. The van der Waals surface area contributed by atoms with E-state index in [9.17, 15) is 4.79 Å². The maximum atomic E-state index is 12.3. The van der Waals surface area contributed by atoms with E-state index in [2.05, 4.69) is 0 Å². The van der Waals surface area contributed by atoms with Crippen LogP contribution < -0.4 is 5.73 Å². The van der Waals surface area contributed by atoms with E-state index >= 15 is 0 Å². The largest absolute Gasteiger partial charge is 0.398 e. The minimum atomic E-state index is -0.0241. The molecule has 0 saturated carbocycles. The van der Waals surface area contributed by atoms with E-state index in [0.29, 0.717) is 22.3 Å². The molecule has 2 aromatic rings. The van der Waals surface area contributed by atoms with Crippen LogP contribution in [-0.2, 0) is 17.8 Å². The Hall–Kier alpha value is -1.71. The van der Waals surface area contributed by atoms with Gasteiger partial charge in [-0.05, 0) is 23.3 Å². The number of anilines is 1. The van der Waals surface area contributed by atoms with Gasteiger partial charge in [0.25, 0.3) is 0 Å². The van der Waals surface area contributed by atoms with Crippen LogP contribution in [0.2, 0.25) is 10.0 Å². The number of amides is 1. The minimum Gasteiger partial charge on any atom is -0.398 e. The maximum absolute atomic E-state index is 12.3. The SMILES string of the molecule is CN(Cc1cccc(Cl)c1Cl)C(=O)Cc1ccccc1N. The van der Waals surface area contributed by atoms with Crippen LogP contribution >= 0.6 is 23.2 Å². The highest BCUT2D eigenvalue weighted by Crippen LogP contribution is 2.26. The van der Waals surface area contributed by atoms with Gasteiger partial charge >= 0.3 is 0 Å². The molecule has 0 heterocycles. The van der Waals surface area contributed by atoms with Crippen molar-refractivity contribution in [1.82, 2.24) is 4.90 Å². The van der Waals surface area contributed by atoms with Crippen LogP contribution in [-0.4, -0.2) is 17.9 Å². The molecule has 0 aliphatic carbocycles. The predicted molar refractivity (Wildman–Crippen MR) is 87.5 cm³/mol. The molecule has 2 aromatic carbocycles. The average Bonchev–Trinajstić information content (AvgIpc) is 2.46. The molecule has 0 radical (unpaired) electrons. The molecule has 0 bridgehead atoms. The molecule has 0 aliphatic rings. The lowest BCUT2D eigenvalue weighted by Gasteiger charge is -2.19. The van der Waals surface area contributed by atoms with E-state index in [1.165, 1.54) is 0 Å². The van der Waals surface area contributed by atoms with E-state index < -0.39 is 0 Å². The normalized spacial score (nSPS) is 10.4. The Kier molecular flexibility index (Phi) is 5.10. The molecule has 0 unspecified atom stereocenters. The number of nitrogens with two attached hydrogens (primary N) is 1. The molecular formula is C16H16Cl2N2O. The summed E-state index contributed by atoms with van der Waals surface area (Å²) in [5.41, 5.74) is 8.13. The molecule has 2 N–H and O–H groups in total. The van der Waals surface area contributed by atoms with Crippen molar-refractivity contribution in [3.63, 3.8) is 0 Å². The number of hydrogen-bond donors (Lipinski definition) is 1. The minimum absolute atomic E-state index is 0.0241. The van der Waals surface area contributed by atoms with Gasteiger partial charge in [-0.3, -0.25) is 4.79 Å². The molecule has 2 rings (SSSR count). The third kappa shape index (κ3) is 3.90. The fourth-order valence-corrected chi connectivity index (χ4v) is 2.39. The highest BCUT2D eigenvalue weighted by molar-refractivity contribution is 6.42. The van der Waals surface area contributed by atoms with Crippen molar-refractivity contribution in [3.8, 4) is 0 Å². The quantitative estimate of drug-likeness (QED) is 0.871. The summed E-state index contributed by atoms with van der Waals surface area (Å²) in [6.07, 6.45) is 0.265. The lowest BCUT2D eigenvalue weighted by atomic mass is 10.1. The van der Waals surface area contributed by atoms with Gasteiger partial charge in [-0.2, -0.15) is 0 Å². The van der Waals surface area contributed by atoms with Crippen LogP contribution in [0.4, 0.5) is 5.69 Å². The Morgan fingerprint density at radius 2 is 1.76 bits per heavy atom. The number of carbonyl (C=O) groups excluding carboxylic acids is 1. The van der Waals surface area contributed by atoms with Gasteiger partial charge in [-0.1, -0.05) is 53.5 Å². The molecule has 0 atom stereocenters. The van der Waals surface area contributed by atoms with Crippen LogP contribution in [0, 0.1) is 0 Å². The fraction of sp³-hybridized carbons (Fsp3) is 0.188. The number of likely N-dealkylation sites (N-methyl/N-ethyl adjacent to an activating group) is 1. The number of para-hydroxylation sites is 1. The second-order valence-corrected chi connectivity index (χ2v) is 5.62. The fourth-order valence-electron chi connectivity index (χ4n) is 2.01. The van der Waals surface area contributed by atoms with E-state index in [4.69, 9.17) is 28.9 Å². The van der Waals surface area contributed by atoms with Gasteiger partial charge in [-0.25, -0.2) is 0 Å². The zero-order valence-electron chi connectivity index (χ0n) is 11.6. The second kappa shape index (κ2) is 6.83. The van der Waals surface area contributed by atoms with Crippen molar-refractivity contribution in [3.05, 3.63) is 63.6 Å². The van der Waals surface area contributed by atoms with Crippen LogP contribution in [0.15, 0.2) is 42.5 Å². The van der Waals surface area contributed by atoms with Gasteiger partial charge < -0.3 is 10.6 Å². The first-order chi connectivity index (χ1) is 9.99. The number of nitrogens with zero attached hydrogens (tertiary/aromatic N) is 1. The monoisotopic (exact) mass is 322 g/mol. The standard InChI is InChI=1S/C16H16Cl2N2O/c1-20(10-12-6-4-7-13(17)16(12)18)15(21)9-11-5-2-3-8-14(11)19/h2-8H,9-10,19H2,1H3. The number of nitrogen functional groups attached to an aromatic ring is 1. The Morgan fingerprint density at radius 3 is 2.48 bits per heavy atom. The molecule has 1 amide bonds. The van der Waals surface area contributed by atoms with E-state index in [0.717, 1.165) is 11.1 Å². The van der Waals surface area contributed by atoms with Crippen molar-refractivity contribution >= 4 is 34.8 Å². The molecule has 0 spiro atoms. The van der Waals surface area contributed by atoms with Crippen LogP contribution in [0.5, 0.6) is 0 Å². The number of rotatable bonds is 4. The lowest BCUT2D eigenvalue weighted by molar-refractivity contribution is -0.129. The first kappa shape index (κ1) is 15.7. The average molecular weight is 323 g/mol. The van der Waals surface area contributed by atoms with Crippen molar-refractivity contribution in [2.45, 2.75) is 13.0 Å². The summed E-state index contributed by atoms with van der Waals surface area (Å²) >= 11 is 12.1. The highest BCUT2D eigenvalue weighted by atomic mass is 35.5. The summed E-state index contributed by atoms with van der Waals surface area (Å²) in [6, 6.07) is 12.8. The molecule has 5 heteroatoms. The molecule has 3 nitrogen and oxygen atoms in total. The zero-order valence-corrected chi connectivity index (χ0v) is 13.2. The van der Waals surface area contributed by atoms with Crippen LogP contribution in [0.3, 0.4) is 0 Å². The smallest absolute Gasteiger partial charge is 0.227 e. The third-order valence-electron chi connectivity index (χ3n) is 3.26. The van der Waals surface area contributed by atoms with Crippen molar-refractivity contribution in [1.29, 1.82) is 0 Å². The van der Waals surface area contributed by atoms with E-state index in [-0.39, 0.29) is 12.3 Å². The molecule has 0 fully saturated rings. The van der Waals surface area contributed by atoms with Crippen LogP contribution in [0.25, 0.3) is 0 Å². The van der Waals surface area contributed by atoms with Gasteiger partial charge in [0.2, 0.25) is 5.91 Å². The number of carbonyl (C=O) groups is 1. The first-order valence-corrected chi connectivity index (χ1v) is 7.25. The van der Waals surface area contributed by atoms with E-state index in [1.54, 1.807) is 24.1 Å². The van der Waals surface area contributed by atoms with Crippen LogP contribution in [0.1, 0.15) is 11.1 Å². The Morgan fingerprint density at radius 1 is 1.10 bits per heavy atom. The Bertz CT molecular complexity index is 658. The number of benzene rings is 2. The summed E-state index contributed by atoms with van der Waals surface area (Å²) in [4.78, 5) is 13.9. The van der Waals surface area contributed by atoms with Gasteiger partial charge in [0.15, 0.2) is 0 Å². The summed E-state index contributed by atoms with van der Waals surface area (Å²) in [5, 5.41) is 0.973. The van der Waals surface area contributed by atoms with Crippen molar-refractivity contribution in [2.75, 3.05) is 12.8 Å².